The van der Waals surface area contributed by atoms with Gasteiger partial charge < -0.3 is 20.4 Å². The van der Waals surface area contributed by atoms with Crippen LogP contribution in [0.5, 0.6) is 23.0 Å². The minimum absolute atomic E-state index is 0.0828. The molecule has 0 fully saturated rings. The average Bonchev–Trinajstić information content (AvgIpc) is 3.07. The highest BCUT2D eigenvalue weighted by atomic mass is 32.2. The zero-order valence-electron chi connectivity index (χ0n) is 24.6. The second kappa shape index (κ2) is 12.3. The van der Waals surface area contributed by atoms with Gasteiger partial charge >= 0.3 is 0 Å². The first-order chi connectivity index (χ1) is 22.4. The number of benzene rings is 6. The van der Waals surface area contributed by atoms with E-state index in [9.17, 15) is 37.3 Å². The van der Waals surface area contributed by atoms with E-state index in [1.165, 1.54) is 84.9 Å². The molecule has 236 valence electrons. The first-order valence-electron chi connectivity index (χ1n) is 14.3. The minimum atomic E-state index is -4.12. The Bertz CT molecular complexity index is 2160. The van der Waals surface area contributed by atoms with E-state index in [1.54, 1.807) is 12.1 Å². The van der Waals surface area contributed by atoms with Crippen LogP contribution in [-0.2, 0) is 19.7 Å². The van der Waals surface area contributed by atoms with E-state index < -0.39 is 25.6 Å². The Kier molecular flexibility index (Phi) is 8.23. The number of aromatic hydroxyl groups is 4. The second-order valence-corrected chi connectivity index (χ2v) is 14.8. The van der Waals surface area contributed by atoms with Gasteiger partial charge in [0.15, 0.2) is 0 Å². The van der Waals surface area contributed by atoms with Crippen molar-refractivity contribution in [2.24, 2.45) is 0 Å². The summed E-state index contributed by atoms with van der Waals surface area (Å²) in [5.74, 6) is -1.79. The highest BCUT2D eigenvalue weighted by Gasteiger charge is 2.29. The molecule has 0 unspecified atom stereocenters. The maximum atomic E-state index is 13.6. The predicted octanol–water partition coefficient (Wildman–Crippen LogP) is 7.02. The fourth-order valence-electron chi connectivity index (χ4n) is 5.41. The lowest BCUT2D eigenvalue weighted by Gasteiger charge is -2.23. The van der Waals surface area contributed by atoms with Crippen molar-refractivity contribution in [3.05, 3.63) is 156 Å². The fraction of sp³-hybridized carbons (Fsp3) is 0.0270. The SMILES string of the molecule is O=S(=O)(c1ccc(O)cc1)c1ccc(O)c(C(c2ccc(-c3ccccc3)cc2)c2cc(S(=O)(=O)c3ccc(O)cc3)ccc2O)c1. The molecule has 0 amide bonds. The summed E-state index contributed by atoms with van der Waals surface area (Å²) in [6.07, 6.45) is 0. The first kappa shape index (κ1) is 31.4. The van der Waals surface area contributed by atoms with Crippen LogP contribution in [0.15, 0.2) is 159 Å². The van der Waals surface area contributed by atoms with Crippen LogP contribution in [0, 0.1) is 0 Å². The van der Waals surface area contributed by atoms with E-state index in [4.69, 9.17) is 0 Å². The number of hydrogen-bond donors (Lipinski definition) is 4. The Balaban J connectivity index is 1.54. The van der Waals surface area contributed by atoms with Crippen molar-refractivity contribution in [1.29, 1.82) is 0 Å². The van der Waals surface area contributed by atoms with Crippen molar-refractivity contribution in [1.82, 2.24) is 0 Å². The van der Waals surface area contributed by atoms with Gasteiger partial charge in [-0.3, -0.25) is 0 Å². The Hall–Kier alpha value is -5.58. The zero-order valence-corrected chi connectivity index (χ0v) is 26.2. The van der Waals surface area contributed by atoms with Crippen molar-refractivity contribution in [3.8, 4) is 34.1 Å². The first-order valence-corrected chi connectivity index (χ1v) is 17.3. The normalized spacial score (nSPS) is 11.9. The smallest absolute Gasteiger partial charge is 0.206 e. The van der Waals surface area contributed by atoms with Crippen LogP contribution < -0.4 is 0 Å². The molecule has 6 aromatic rings. The minimum Gasteiger partial charge on any atom is -0.508 e. The van der Waals surface area contributed by atoms with Crippen molar-refractivity contribution in [2.45, 2.75) is 25.5 Å². The van der Waals surface area contributed by atoms with Gasteiger partial charge in [-0.25, -0.2) is 16.8 Å². The van der Waals surface area contributed by atoms with Crippen LogP contribution in [0.4, 0.5) is 0 Å². The molecule has 0 radical (unpaired) electrons. The summed E-state index contributed by atoms with van der Waals surface area (Å²) in [5, 5.41) is 41.8. The summed E-state index contributed by atoms with van der Waals surface area (Å²) in [7, 11) is -8.24. The third-order valence-electron chi connectivity index (χ3n) is 7.89. The van der Waals surface area contributed by atoms with Gasteiger partial charge in [0.2, 0.25) is 19.7 Å². The molecule has 4 N–H and O–H groups in total. The average molecular weight is 665 g/mol. The highest BCUT2D eigenvalue weighted by molar-refractivity contribution is 7.91. The molecule has 0 heterocycles. The van der Waals surface area contributed by atoms with Crippen molar-refractivity contribution in [2.75, 3.05) is 0 Å². The second-order valence-electron chi connectivity index (χ2n) is 10.9. The molecule has 0 bridgehead atoms. The van der Waals surface area contributed by atoms with Crippen LogP contribution in [0.1, 0.15) is 22.6 Å². The number of rotatable bonds is 8. The molecule has 0 aliphatic carbocycles. The summed E-state index contributed by atoms with van der Waals surface area (Å²) < 4.78 is 54.5. The van der Waals surface area contributed by atoms with Gasteiger partial charge in [-0.05, 0) is 102 Å². The van der Waals surface area contributed by atoms with Gasteiger partial charge in [-0.2, -0.15) is 0 Å². The number of sulfone groups is 2. The molecule has 0 aromatic heterocycles. The summed E-state index contributed by atoms with van der Waals surface area (Å²) in [6.45, 7) is 0. The topological polar surface area (TPSA) is 149 Å². The van der Waals surface area contributed by atoms with Gasteiger partial charge in [-0.15, -0.1) is 0 Å². The maximum absolute atomic E-state index is 13.6. The molecule has 6 rings (SSSR count). The van der Waals surface area contributed by atoms with Crippen LogP contribution >= 0.6 is 0 Å². The molecule has 10 heteroatoms. The van der Waals surface area contributed by atoms with E-state index in [2.05, 4.69) is 0 Å². The molecule has 0 aliphatic heterocycles. The molecule has 0 saturated heterocycles. The van der Waals surface area contributed by atoms with Gasteiger partial charge in [0.05, 0.1) is 19.6 Å². The summed E-state index contributed by atoms with van der Waals surface area (Å²) in [6, 6.07) is 34.5. The lowest BCUT2D eigenvalue weighted by Crippen LogP contribution is -2.09. The summed E-state index contributed by atoms with van der Waals surface area (Å²) >= 11 is 0. The van der Waals surface area contributed by atoms with Crippen LogP contribution in [0.2, 0.25) is 0 Å². The number of hydrogen-bond acceptors (Lipinski definition) is 8. The van der Waals surface area contributed by atoms with E-state index >= 15 is 0 Å². The zero-order chi connectivity index (χ0) is 33.3. The molecule has 6 aromatic carbocycles. The highest BCUT2D eigenvalue weighted by Crippen LogP contribution is 2.43. The van der Waals surface area contributed by atoms with Crippen molar-refractivity contribution < 1.29 is 37.3 Å². The van der Waals surface area contributed by atoms with Crippen LogP contribution in [0.25, 0.3) is 11.1 Å². The van der Waals surface area contributed by atoms with E-state index in [0.29, 0.717) is 5.56 Å². The summed E-state index contributed by atoms with van der Waals surface area (Å²) in [4.78, 5) is -0.482. The van der Waals surface area contributed by atoms with Gasteiger partial charge in [0.25, 0.3) is 0 Å². The fourth-order valence-corrected chi connectivity index (χ4v) is 8.00. The molecular weight excluding hydrogens is 637 g/mol. The van der Waals surface area contributed by atoms with Crippen LogP contribution in [-0.4, -0.2) is 37.3 Å². The Morgan fingerprint density at radius 3 is 1.21 bits per heavy atom. The monoisotopic (exact) mass is 664 g/mol. The van der Waals surface area contributed by atoms with Gasteiger partial charge in [0, 0.05) is 17.0 Å². The van der Waals surface area contributed by atoms with Gasteiger partial charge in [-0.1, -0.05) is 54.6 Å². The number of phenolic OH excluding ortho intramolecular Hbond substituents is 4. The lowest BCUT2D eigenvalue weighted by molar-refractivity contribution is 0.457. The van der Waals surface area contributed by atoms with Crippen molar-refractivity contribution in [3.63, 3.8) is 0 Å². The van der Waals surface area contributed by atoms with Gasteiger partial charge in [0.1, 0.15) is 23.0 Å². The Morgan fingerprint density at radius 1 is 0.404 bits per heavy atom. The largest absolute Gasteiger partial charge is 0.508 e. The Labute approximate surface area is 272 Å². The molecule has 47 heavy (non-hydrogen) atoms. The quantitative estimate of drug-likeness (QED) is 0.127. The van der Waals surface area contributed by atoms with Crippen molar-refractivity contribution >= 4 is 19.7 Å². The van der Waals surface area contributed by atoms with E-state index in [1.807, 2.05) is 42.5 Å². The van der Waals surface area contributed by atoms with Crippen LogP contribution in [0.3, 0.4) is 0 Å². The maximum Gasteiger partial charge on any atom is 0.206 e. The summed E-state index contributed by atoms with van der Waals surface area (Å²) in [5.41, 5.74) is 2.58. The van der Waals surface area contributed by atoms with E-state index in [0.717, 1.165) is 11.1 Å². The number of phenols is 4. The van der Waals surface area contributed by atoms with E-state index in [-0.39, 0.29) is 53.7 Å². The molecular formula is C37H28O8S2. The molecule has 8 nitrogen and oxygen atoms in total. The molecule has 0 aliphatic rings. The standard InChI is InChI=1S/C37H28O8S2/c38-27-10-14-29(15-11-27)46(42,43)31-18-20-35(40)33(22-31)37(26-8-6-25(7-9-26)24-4-2-1-3-5-24)34-23-32(19-21-36(34)41)47(44,45)30-16-12-28(39)13-17-30/h1-23,37-41H. The molecule has 0 saturated carbocycles. The third-order valence-corrected chi connectivity index (χ3v) is 11.4. The third kappa shape index (κ3) is 6.16. The Morgan fingerprint density at radius 2 is 0.787 bits per heavy atom. The molecule has 0 spiro atoms. The lowest BCUT2D eigenvalue weighted by atomic mass is 9.83. The molecule has 0 atom stereocenters. The predicted molar refractivity (Wildman–Crippen MR) is 176 cm³/mol.